The number of nitrogens with one attached hydrogen (secondary N) is 1. The summed E-state index contributed by atoms with van der Waals surface area (Å²) in [5.41, 5.74) is 1.48. The highest BCUT2D eigenvalue weighted by atomic mass is 32.1. The molecule has 1 atom stereocenters. The van der Waals surface area contributed by atoms with E-state index in [9.17, 15) is 5.11 Å². The normalized spacial score (nSPS) is 27.0. The first-order chi connectivity index (χ1) is 6.74. The van der Waals surface area contributed by atoms with Gasteiger partial charge in [0, 0.05) is 16.8 Å². The summed E-state index contributed by atoms with van der Waals surface area (Å²) < 4.78 is 0. The fourth-order valence-corrected chi connectivity index (χ4v) is 2.87. The van der Waals surface area contributed by atoms with E-state index in [4.69, 9.17) is 0 Å². The second kappa shape index (κ2) is 4.01. The van der Waals surface area contributed by atoms with Crippen molar-refractivity contribution in [2.24, 2.45) is 5.41 Å². The third-order valence-electron chi connectivity index (χ3n) is 3.03. The Balaban J connectivity index is 2.08. The van der Waals surface area contributed by atoms with Gasteiger partial charge in [-0.25, -0.2) is 0 Å². The Morgan fingerprint density at radius 1 is 1.64 bits per heavy atom. The summed E-state index contributed by atoms with van der Waals surface area (Å²) in [5.74, 6) is 0. The smallest absolute Gasteiger partial charge is 0.0503 e. The van der Waals surface area contributed by atoms with Crippen molar-refractivity contribution >= 4 is 11.3 Å². The number of rotatable bonds is 3. The molecule has 1 unspecified atom stereocenters. The van der Waals surface area contributed by atoms with E-state index in [1.807, 2.05) is 0 Å². The molecule has 14 heavy (non-hydrogen) atoms. The van der Waals surface area contributed by atoms with Crippen molar-refractivity contribution in [3.8, 4) is 0 Å². The number of aryl methyl sites for hydroxylation is 1. The Hall–Kier alpha value is -0.380. The molecule has 1 aromatic heterocycles. The van der Waals surface area contributed by atoms with Crippen molar-refractivity contribution in [3.05, 3.63) is 21.9 Å². The highest BCUT2D eigenvalue weighted by Crippen LogP contribution is 2.30. The Labute approximate surface area is 89.0 Å². The number of aliphatic hydroxyl groups excluding tert-OH is 1. The van der Waals surface area contributed by atoms with E-state index in [1.165, 1.54) is 10.4 Å². The molecule has 2 N–H and O–H groups in total. The van der Waals surface area contributed by atoms with Crippen molar-refractivity contribution in [2.75, 3.05) is 19.7 Å². The average molecular weight is 211 g/mol. The van der Waals surface area contributed by atoms with Gasteiger partial charge in [0.25, 0.3) is 0 Å². The molecule has 0 radical (unpaired) electrons. The molecular formula is C11H17NOS. The maximum absolute atomic E-state index is 9.45. The summed E-state index contributed by atoms with van der Waals surface area (Å²) in [4.78, 5) is 1.36. The lowest BCUT2D eigenvalue weighted by Gasteiger charge is -2.24. The van der Waals surface area contributed by atoms with Gasteiger partial charge in [-0.3, -0.25) is 0 Å². The second-order valence-electron chi connectivity index (χ2n) is 4.33. The molecule has 1 fully saturated rings. The van der Waals surface area contributed by atoms with Gasteiger partial charge in [-0.1, -0.05) is 0 Å². The van der Waals surface area contributed by atoms with Crippen molar-refractivity contribution in [3.63, 3.8) is 0 Å². The van der Waals surface area contributed by atoms with Gasteiger partial charge in [0.05, 0.1) is 6.61 Å². The van der Waals surface area contributed by atoms with Crippen LogP contribution in [0.5, 0.6) is 0 Å². The molecule has 1 saturated heterocycles. The molecule has 0 bridgehead atoms. The lowest BCUT2D eigenvalue weighted by Crippen LogP contribution is -2.30. The van der Waals surface area contributed by atoms with Gasteiger partial charge in [-0.15, -0.1) is 11.3 Å². The zero-order chi connectivity index (χ0) is 10.0. The van der Waals surface area contributed by atoms with Gasteiger partial charge >= 0.3 is 0 Å². The summed E-state index contributed by atoms with van der Waals surface area (Å²) in [6, 6.07) is 2.24. The zero-order valence-corrected chi connectivity index (χ0v) is 9.36. The van der Waals surface area contributed by atoms with Crippen LogP contribution in [0.25, 0.3) is 0 Å². The molecule has 3 heteroatoms. The monoisotopic (exact) mass is 211 g/mol. The first-order valence-electron chi connectivity index (χ1n) is 5.10. The molecule has 0 spiro atoms. The Bertz CT molecular complexity index is 302. The van der Waals surface area contributed by atoms with Crippen LogP contribution >= 0.6 is 11.3 Å². The quantitative estimate of drug-likeness (QED) is 0.795. The van der Waals surface area contributed by atoms with Crippen molar-refractivity contribution < 1.29 is 5.11 Å². The maximum atomic E-state index is 9.45. The SMILES string of the molecule is Cc1cc(CC2(CO)CCNC2)cs1. The van der Waals surface area contributed by atoms with E-state index in [0.29, 0.717) is 6.61 Å². The first kappa shape index (κ1) is 10.1. The fraction of sp³-hybridized carbons (Fsp3) is 0.636. The number of thiophene rings is 1. The van der Waals surface area contributed by atoms with Gasteiger partial charge in [-0.2, -0.15) is 0 Å². The average Bonchev–Trinajstić information content (AvgIpc) is 2.77. The molecule has 2 rings (SSSR count). The van der Waals surface area contributed by atoms with E-state index in [2.05, 4.69) is 23.7 Å². The predicted octanol–water partition coefficient (Wildman–Crippen LogP) is 1.57. The van der Waals surface area contributed by atoms with Crippen molar-refractivity contribution in [1.29, 1.82) is 0 Å². The van der Waals surface area contributed by atoms with Gasteiger partial charge in [0.2, 0.25) is 0 Å². The molecule has 1 aliphatic heterocycles. The summed E-state index contributed by atoms with van der Waals surface area (Å²) in [6.45, 7) is 4.43. The molecule has 0 aliphatic carbocycles. The largest absolute Gasteiger partial charge is 0.396 e. The highest BCUT2D eigenvalue weighted by molar-refractivity contribution is 7.10. The van der Waals surface area contributed by atoms with E-state index in [-0.39, 0.29) is 5.41 Å². The summed E-state index contributed by atoms with van der Waals surface area (Å²) >= 11 is 1.79. The van der Waals surface area contributed by atoms with E-state index in [1.54, 1.807) is 11.3 Å². The number of aliphatic hydroxyl groups is 1. The Morgan fingerprint density at radius 3 is 3.00 bits per heavy atom. The lowest BCUT2D eigenvalue weighted by molar-refractivity contribution is 0.143. The van der Waals surface area contributed by atoms with Crippen LogP contribution < -0.4 is 5.32 Å². The third kappa shape index (κ3) is 2.00. The fourth-order valence-electron chi connectivity index (χ4n) is 2.16. The van der Waals surface area contributed by atoms with Crippen molar-refractivity contribution in [1.82, 2.24) is 5.32 Å². The molecule has 0 saturated carbocycles. The summed E-state index contributed by atoms with van der Waals surface area (Å²) in [7, 11) is 0. The van der Waals surface area contributed by atoms with Gasteiger partial charge in [-0.05, 0) is 43.3 Å². The van der Waals surface area contributed by atoms with Crippen LogP contribution in [0, 0.1) is 12.3 Å². The van der Waals surface area contributed by atoms with Crippen LogP contribution in [0.3, 0.4) is 0 Å². The van der Waals surface area contributed by atoms with E-state index in [0.717, 1.165) is 25.9 Å². The predicted molar refractivity (Wildman–Crippen MR) is 59.8 cm³/mol. The molecule has 0 amide bonds. The topological polar surface area (TPSA) is 32.3 Å². The molecule has 1 aromatic rings. The molecular weight excluding hydrogens is 194 g/mol. The zero-order valence-electron chi connectivity index (χ0n) is 8.55. The van der Waals surface area contributed by atoms with Crippen LogP contribution in [0.15, 0.2) is 11.4 Å². The minimum atomic E-state index is 0.105. The van der Waals surface area contributed by atoms with Gasteiger partial charge in [0.1, 0.15) is 0 Å². The molecule has 2 heterocycles. The third-order valence-corrected chi connectivity index (χ3v) is 3.94. The minimum Gasteiger partial charge on any atom is -0.396 e. The van der Waals surface area contributed by atoms with Crippen LogP contribution in [0.1, 0.15) is 16.9 Å². The Morgan fingerprint density at radius 2 is 2.50 bits per heavy atom. The maximum Gasteiger partial charge on any atom is 0.0503 e. The molecule has 1 aliphatic rings. The summed E-state index contributed by atoms with van der Waals surface area (Å²) in [6.07, 6.45) is 2.11. The standard InChI is InChI=1S/C11H17NOS/c1-9-4-10(6-14-9)5-11(8-13)2-3-12-7-11/h4,6,12-13H,2-3,5,7-8H2,1H3. The lowest BCUT2D eigenvalue weighted by atomic mass is 9.82. The number of hydrogen-bond acceptors (Lipinski definition) is 3. The minimum absolute atomic E-state index is 0.105. The first-order valence-corrected chi connectivity index (χ1v) is 5.98. The van der Waals surface area contributed by atoms with Gasteiger partial charge < -0.3 is 10.4 Å². The van der Waals surface area contributed by atoms with Crippen LogP contribution in [-0.2, 0) is 6.42 Å². The summed E-state index contributed by atoms with van der Waals surface area (Å²) in [5, 5.41) is 15.0. The van der Waals surface area contributed by atoms with E-state index >= 15 is 0 Å². The second-order valence-corrected chi connectivity index (χ2v) is 5.44. The van der Waals surface area contributed by atoms with Crippen LogP contribution in [-0.4, -0.2) is 24.8 Å². The molecule has 78 valence electrons. The van der Waals surface area contributed by atoms with Crippen molar-refractivity contribution in [2.45, 2.75) is 19.8 Å². The number of hydrogen-bond donors (Lipinski definition) is 2. The van der Waals surface area contributed by atoms with Crippen LogP contribution in [0.4, 0.5) is 0 Å². The highest BCUT2D eigenvalue weighted by Gasteiger charge is 2.33. The Kier molecular flexibility index (Phi) is 2.91. The van der Waals surface area contributed by atoms with Gasteiger partial charge in [0.15, 0.2) is 0 Å². The van der Waals surface area contributed by atoms with Crippen LogP contribution in [0.2, 0.25) is 0 Å². The molecule has 0 aromatic carbocycles. The van der Waals surface area contributed by atoms with E-state index < -0.39 is 0 Å². The molecule has 2 nitrogen and oxygen atoms in total.